The molecule has 3 aliphatic rings. The summed E-state index contributed by atoms with van der Waals surface area (Å²) in [6.07, 6.45) is 2.80. The van der Waals surface area contributed by atoms with E-state index in [0.717, 1.165) is 33.4 Å². The smallest absolute Gasteiger partial charge is 0.140 e. The quantitative estimate of drug-likeness (QED) is 0.183. The van der Waals surface area contributed by atoms with E-state index in [0.29, 0.717) is 19.3 Å². The molecule has 0 amide bonds. The molecule has 9 heteroatoms. The van der Waals surface area contributed by atoms with Crippen LogP contribution in [0.25, 0.3) is 0 Å². The largest absolute Gasteiger partial charge is 0.506 e. The van der Waals surface area contributed by atoms with Crippen LogP contribution in [0.4, 0.5) is 0 Å². The molecule has 0 radical (unpaired) electrons. The molecular formula is C36H33N3O6. The first-order chi connectivity index (χ1) is 21.8. The number of phenols is 3. The zero-order valence-electron chi connectivity index (χ0n) is 24.3. The maximum absolute atomic E-state index is 11.4. The van der Waals surface area contributed by atoms with E-state index in [1.54, 1.807) is 0 Å². The van der Waals surface area contributed by atoms with E-state index in [-0.39, 0.29) is 16.7 Å². The molecule has 9 nitrogen and oxygen atoms in total. The summed E-state index contributed by atoms with van der Waals surface area (Å²) in [5.41, 5.74) is 5.19. The van der Waals surface area contributed by atoms with Crippen molar-refractivity contribution in [1.29, 1.82) is 0 Å². The van der Waals surface area contributed by atoms with Crippen molar-refractivity contribution in [3.63, 3.8) is 0 Å². The van der Waals surface area contributed by atoms with Gasteiger partial charge in [0.1, 0.15) is 35.4 Å². The fourth-order valence-corrected chi connectivity index (χ4v) is 6.80. The predicted molar refractivity (Wildman–Crippen MR) is 171 cm³/mol. The Bertz CT molecular complexity index is 1630. The monoisotopic (exact) mass is 603 g/mol. The van der Waals surface area contributed by atoms with Crippen LogP contribution in [0.3, 0.4) is 0 Å². The molecule has 0 saturated carbocycles. The standard InChI is InChI=1S/C36H33N3O6/c40-28-13-19-7-1-4-10-22(19)31(28)37-16-25-34(43)26(17-38-32-23-11-5-2-8-20(23)14-29(32)41)36(45)27(35(25)44)18-39-33-24-12-6-3-9-21(24)15-30(33)42/h1-12,16-18,28-33,40-45H,13-15H2/t28-,29-,30-,31+,32+,33+/m0/s1. The van der Waals surface area contributed by atoms with Crippen molar-refractivity contribution in [3.05, 3.63) is 123 Å². The molecule has 7 rings (SSSR count). The third-order valence-corrected chi connectivity index (χ3v) is 9.13. The molecule has 6 N–H and O–H groups in total. The Labute approximate surface area is 259 Å². The fraction of sp³-hybridized carbons (Fsp3) is 0.250. The highest BCUT2D eigenvalue weighted by Gasteiger charge is 2.33. The third kappa shape index (κ3) is 5.08. The number of phenolic OH excluding ortho intramolecular Hbond substituents is 3. The van der Waals surface area contributed by atoms with E-state index < -0.39 is 53.7 Å². The Morgan fingerprint density at radius 2 is 0.711 bits per heavy atom. The summed E-state index contributed by atoms with van der Waals surface area (Å²) in [5, 5.41) is 66.4. The number of aromatic hydroxyl groups is 3. The molecule has 0 saturated heterocycles. The van der Waals surface area contributed by atoms with Crippen LogP contribution in [0, 0.1) is 0 Å². The number of fused-ring (bicyclic) bond motifs is 3. The summed E-state index contributed by atoms with van der Waals surface area (Å²) in [6.45, 7) is 0. The highest BCUT2D eigenvalue weighted by atomic mass is 16.3. The van der Waals surface area contributed by atoms with Crippen molar-refractivity contribution in [1.82, 2.24) is 0 Å². The van der Waals surface area contributed by atoms with Gasteiger partial charge in [-0.15, -0.1) is 0 Å². The summed E-state index contributed by atoms with van der Waals surface area (Å²) in [5.74, 6) is -1.41. The SMILES string of the molecule is Oc1c(C=N[C@@H]2c3ccccc3C[C@@H]2O)c(O)c(C=N[C@@H]2c3ccccc3C[C@@H]2O)c(O)c1C=N[C@@H]1c2ccccc2C[C@@H]1O. The van der Waals surface area contributed by atoms with Gasteiger partial charge in [-0.1, -0.05) is 72.8 Å². The maximum Gasteiger partial charge on any atom is 0.140 e. The molecule has 0 spiro atoms. The van der Waals surface area contributed by atoms with Gasteiger partial charge in [0.15, 0.2) is 0 Å². The maximum atomic E-state index is 11.4. The van der Waals surface area contributed by atoms with E-state index in [9.17, 15) is 30.6 Å². The molecule has 228 valence electrons. The summed E-state index contributed by atoms with van der Waals surface area (Å²) in [7, 11) is 0. The molecule has 0 unspecified atom stereocenters. The normalized spacial score (nSPS) is 25.4. The summed E-state index contributed by atoms with van der Waals surface area (Å²) in [4.78, 5) is 13.7. The number of nitrogens with zero attached hydrogens (tertiary/aromatic N) is 3. The van der Waals surface area contributed by atoms with Crippen LogP contribution in [0.15, 0.2) is 87.8 Å². The van der Waals surface area contributed by atoms with E-state index in [2.05, 4.69) is 15.0 Å². The Balaban J connectivity index is 1.31. The second-order valence-electron chi connectivity index (χ2n) is 11.9. The Morgan fingerprint density at radius 1 is 0.444 bits per heavy atom. The highest BCUT2D eigenvalue weighted by molar-refractivity contribution is 6.03. The number of hydrogen-bond donors (Lipinski definition) is 6. The average molecular weight is 604 g/mol. The number of aliphatic hydroxyl groups excluding tert-OH is 3. The average Bonchev–Trinajstić information content (AvgIpc) is 3.65. The van der Waals surface area contributed by atoms with Crippen LogP contribution in [-0.4, -0.2) is 67.6 Å². The van der Waals surface area contributed by atoms with Crippen LogP contribution in [0.2, 0.25) is 0 Å². The van der Waals surface area contributed by atoms with Crippen LogP contribution >= 0.6 is 0 Å². The van der Waals surface area contributed by atoms with Gasteiger partial charge >= 0.3 is 0 Å². The van der Waals surface area contributed by atoms with Crippen LogP contribution in [0.5, 0.6) is 17.2 Å². The minimum absolute atomic E-state index is 0.0907. The van der Waals surface area contributed by atoms with Gasteiger partial charge in [0, 0.05) is 37.9 Å². The van der Waals surface area contributed by atoms with Gasteiger partial charge in [0.05, 0.1) is 35.0 Å². The van der Waals surface area contributed by atoms with Crippen molar-refractivity contribution >= 4 is 18.6 Å². The van der Waals surface area contributed by atoms with Gasteiger partial charge in [-0.25, -0.2) is 0 Å². The van der Waals surface area contributed by atoms with Crippen molar-refractivity contribution in [2.24, 2.45) is 15.0 Å². The van der Waals surface area contributed by atoms with Gasteiger partial charge in [-0.3, -0.25) is 15.0 Å². The summed E-state index contributed by atoms with van der Waals surface area (Å²) >= 11 is 0. The third-order valence-electron chi connectivity index (χ3n) is 9.13. The first-order valence-electron chi connectivity index (χ1n) is 15.0. The second kappa shape index (κ2) is 11.6. The van der Waals surface area contributed by atoms with Crippen molar-refractivity contribution < 1.29 is 30.6 Å². The van der Waals surface area contributed by atoms with Crippen LogP contribution in [-0.2, 0) is 19.3 Å². The van der Waals surface area contributed by atoms with Gasteiger partial charge < -0.3 is 30.6 Å². The molecule has 0 fully saturated rings. The van der Waals surface area contributed by atoms with E-state index >= 15 is 0 Å². The van der Waals surface area contributed by atoms with Gasteiger partial charge in [-0.05, 0) is 33.4 Å². The minimum Gasteiger partial charge on any atom is -0.506 e. The van der Waals surface area contributed by atoms with Crippen molar-refractivity contribution in [2.45, 2.75) is 55.7 Å². The molecule has 0 heterocycles. The van der Waals surface area contributed by atoms with Crippen LogP contribution in [0.1, 0.15) is 68.2 Å². The molecule has 0 bridgehead atoms. The highest BCUT2D eigenvalue weighted by Crippen LogP contribution is 2.43. The number of benzene rings is 4. The summed E-state index contributed by atoms with van der Waals surface area (Å²) in [6, 6.07) is 20.9. The van der Waals surface area contributed by atoms with E-state index in [1.165, 1.54) is 18.6 Å². The molecule has 6 atom stereocenters. The molecule has 4 aromatic carbocycles. The van der Waals surface area contributed by atoms with Crippen molar-refractivity contribution in [2.75, 3.05) is 0 Å². The second-order valence-corrected chi connectivity index (χ2v) is 11.9. The van der Waals surface area contributed by atoms with Gasteiger partial charge in [0.25, 0.3) is 0 Å². The topological polar surface area (TPSA) is 158 Å². The van der Waals surface area contributed by atoms with E-state index in [1.807, 2.05) is 72.8 Å². The van der Waals surface area contributed by atoms with Gasteiger partial charge in [0.2, 0.25) is 0 Å². The first-order valence-corrected chi connectivity index (χ1v) is 15.0. The van der Waals surface area contributed by atoms with E-state index in [4.69, 9.17) is 0 Å². The zero-order valence-corrected chi connectivity index (χ0v) is 24.3. The Kier molecular flexibility index (Phi) is 7.45. The lowest BCUT2D eigenvalue weighted by molar-refractivity contribution is 0.159. The van der Waals surface area contributed by atoms with Crippen LogP contribution < -0.4 is 0 Å². The summed E-state index contributed by atoms with van der Waals surface area (Å²) < 4.78 is 0. The van der Waals surface area contributed by atoms with Crippen molar-refractivity contribution in [3.8, 4) is 17.2 Å². The molecule has 3 aliphatic carbocycles. The number of aliphatic hydroxyl groups is 3. The molecule has 0 aliphatic heterocycles. The first kappa shape index (κ1) is 28.9. The number of aliphatic imine (C=N–C) groups is 3. The Hall–Kier alpha value is -4.83. The molecule has 45 heavy (non-hydrogen) atoms. The lowest BCUT2D eigenvalue weighted by atomic mass is 10.0. The fourth-order valence-electron chi connectivity index (χ4n) is 6.80. The molecule has 4 aromatic rings. The minimum atomic E-state index is -0.782. The van der Waals surface area contributed by atoms with Gasteiger partial charge in [-0.2, -0.15) is 0 Å². The lowest BCUT2D eigenvalue weighted by Crippen LogP contribution is -2.12. The zero-order chi connectivity index (χ0) is 31.2. The number of rotatable bonds is 6. The lowest BCUT2D eigenvalue weighted by Gasteiger charge is -2.16. The predicted octanol–water partition coefficient (Wildman–Crippen LogP) is 4.04. The number of hydrogen-bond acceptors (Lipinski definition) is 9. The molecule has 0 aromatic heterocycles. The molecular weight excluding hydrogens is 570 g/mol. The Morgan fingerprint density at radius 3 is 1.00 bits per heavy atom.